The predicted molar refractivity (Wildman–Crippen MR) is 94.3 cm³/mol. The van der Waals surface area contributed by atoms with Crippen molar-refractivity contribution in [3.8, 4) is 11.5 Å². The van der Waals surface area contributed by atoms with Gasteiger partial charge >= 0.3 is 0 Å². The molecule has 2 bridgehead atoms. The zero-order chi connectivity index (χ0) is 16.9. The van der Waals surface area contributed by atoms with Gasteiger partial charge in [-0.25, -0.2) is 0 Å². The lowest BCUT2D eigenvalue weighted by Gasteiger charge is -2.24. The lowest BCUT2D eigenvalue weighted by molar-refractivity contribution is 0.0992. The van der Waals surface area contributed by atoms with Crippen molar-refractivity contribution in [3.63, 3.8) is 0 Å². The molecule has 0 aromatic heterocycles. The molecule has 5 rings (SSSR count). The van der Waals surface area contributed by atoms with Gasteiger partial charge in [0.1, 0.15) is 0 Å². The van der Waals surface area contributed by atoms with Gasteiger partial charge in [-0.05, 0) is 49.8 Å². The fourth-order valence-corrected chi connectivity index (χ4v) is 4.36. The number of hydrogen-bond donors (Lipinski definition) is 2. The summed E-state index contributed by atoms with van der Waals surface area (Å²) in [6.07, 6.45) is 6.65. The predicted octanol–water partition coefficient (Wildman–Crippen LogP) is 1.93. The Labute approximate surface area is 147 Å². The van der Waals surface area contributed by atoms with Crippen LogP contribution in [-0.2, 0) is 10.2 Å². The Morgan fingerprint density at radius 1 is 1.24 bits per heavy atom. The number of fused-ring (bicyclic) bond motifs is 3. The second-order valence-electron chi connectivity index (χ2n) is 7.63. The van der Waals surface area contributed by atoms with Gasteiger partial charge in [0.15, 0.2) is 17.5 Å². The lowest BCUT2D eigenvalue weighted by atomic mass is 9.95. The number of ether oxygens (including phenoxy) is 3. The summed E-state index contributed by atoms with van der Waals surface area (Å²) in [5.74, 6) is 2.60. The molecule has 1 aromatic carbocycles. The SMILES string of the molecule is CN=C(NCC1(c2ccc3c(c2)OCO3)CC1)NC1CC2CCC1O2. The molecule has 1 aromatic rings. The Bertz CT molecular complexity index is 701. The van der Waals surface area contributed by atoms with Crippen molar-refractivity contribution in [3.05, 3.63) is 23.8 Å². The molecule has 0 spiro atoms. The molecule has 0 radical (unpaired) electrons. The average Bonchev–Trinajstić information content (AvgIpc) is 3.01. The number of benzene rings is 1. The first-order valence-electron chi connectivity index (χ1n) is 9.29. The highest BCUT2D eigenvalue weighted by Gasteiger charge is 2.45. The number of hydrogen-bond acceptors (Lipinski definition) is 4. The molecule has 2 N–H and O–H groups in total. The summed E-state index contributed by atoms with van der Waals surface area (Å²) in [7, 11) is 1.84. The highest BCUT2D eigenvalue weighted by atomic mass is 16.7. The van der Waals surface area contributed by atoms with Gasteiger partial charge in [-0.2, -0.15) is 0 Å². The van der Waals surface area contributed by atoms with Crippen molar-refractivity contribution in [1.82, 2.24) is 10.6 Å². The molecule has 134 valence electrons. The summed E-state index contributed by atoms with van der Waals surface area (Å²) >= 11 is 0. The molecule has 4 aliphatic rings. The second-order valence-corrected chi connectivity index (χ2v) is 7.63. The molecule has 3 unspecified atom stereocenters. The first-order valence-corrected chi connectivity index (χ1v) is 9.29. The minimum atomic E-state index is 0.184. The van der Waals surface area contributed by atoms with E-state index in [9.17, 15) is 0 Å². The van der Waals surface area contributed by atoms with E-state index in [0.29, 0.717) is 25.0 Å². The van der Waals surface area contributed by atoms with Gasteiger partial charge in [0.2, 0.25) is 6.79 Å². The molecular formula is C19H25N3O3. The van der Waals surface area contributed by atoms with Gasteiger partial charge in [0.25, 0.3) is 0 Å². The Morgan fingerprint density at radius 2 is 2.12 bits per heavy atom. The summed E-state index contributed by atoms with van der Waals surface area (Å²) in [5, 5.41) is 7.10. The number of nitrogens with one attached hydrogen (secondary N) is 2. The van der Waals surface area contributed by atoms with Crippen LogP contribution in [0.5, 0.6) is 11.5 Å². The molecule has 6 heteroatoms. The van der Waals surface area contributed by atoms with Gasteiger partial charge in [0, 0.05) is 19.0 Å². The maximum atomic E-state index is 5.93. The van der Waals surface area contributed by atoms with Crippen LogP contribution in [0.25, 0.3) is 0 Å². The third-order valence-electron chi connectivity index (χ3n) is 6.08. The Balaban J connectivity index is 1.22. The highest BCUT2D eigenvalue weighted by molar-refractivity contribution is 5.80. The van der Waals surface area contributed by atoms with Crippen LogP contribution in [0.15, 0.2) is 23.2 Å². The molecule has 3 fully saturated rings. The molecule has 1 aliphatic carbocycles. The van der Waals surface area contributed by atoms with Gasteiger partial charge in [-0.15, -0.1) is 0 Å². The van der Waals surface area contributed by atoms with Crippen molar-refractivity contribution in [2.24, 2.45) is 4.99 Å². The summed E-state index contributed by atoms with van der Waals surface area (Å²) in [4.78, 5) is 4.41. The van der Waals surface area contributed by atoms with Crippen LogP contribution in [-0.4, -0.2) is 44.6 Å². The van der Waals surface area contributed by atoms with E-state index in [1.165, 1.54) is 31.2 Å². The molecule has 25 heavy (non-hydrogen) atoms. The minimum absolute atomic E-state index is 0.184. The van der Waals surface area contributed by atoms with Crippen LogP contribution in [0.3, 0.4) is 0 Å². The molecule has 1 saturated carbocycles. The van der Waals surface area contributed by atoms with Crippen LogP contribution < -0.4 is 20.1 Å². The van der Waals surface area contributed by atoms with Crippen LogP contribution in [0, 0.1) is 0 Å². The molecule has 3 atom stereocenters. The van der Waals surface area contributed by atoms with Crippen LogP contribution >= 0.6 is 0 Å². The average molecular weight is 343 g/mol. The fraction of sp³-hybridized carbons (Fsp3) is 0.632. The zero-order valence-corrected chi connectivity index (χ0v) is 14.6. The topological polar surface area (TPSA) is 64.1 Å². The lowest BCUT2D eigenvalue weighted by Crippen LogP contribution is -2.49. The van der Waals surface area contributed by atoms with Crippen LogP contribution in [0.1, 0.15) is 37.7 Å². The van der Waals surface area contributed by atoms with E-state index in [2.05, 4.69) is 27.8 Å². The Morgan fingerprint density at radius 3 is 2.84 bits per heavy atom. The van der Waals surface area contributed by atoms with Crippen molar-refractivity contribution >= 4 is 5.96 Å². The monoisotopic (exact) mass is 343 g/mol. The third-order valence-corrected chi connectivity index (χ3v) is 6.08. The maximum absolute atomic E-state index is 5.93. The van der Waals surface area contributed by atoms with Crippen molar-refractivity contribution < 1.29 is 14.2 Å². The van der Waals surface area contributed by atoms with Crippen molar-refractivity contribution in [2.45, 2.75) is 55.8 Å². The summed E-state index contributed by atoms with van der Waals surface area (Å²) < 4.78 is 16.9. The van der Waals surface area contributed by atoms with Crippen molar-refractivity contribution in [1.29, 1.82) is 0 Å². The van der Waals surface area contributed by atoms with E-state index in [4.69, 9.17) is 14.2 Å². The smallest absolute Gasteiger partial charge is 0.231 e. The molecular weight excluding hydrogens is 318 g/mol. The quantitative estimate of drug-likeness (QED) is 0.646. The number of aliphatic imine (C=N–C) groups is 1. The van der Waals surface area contributed by atoms with Gasteiger partial charge in [-0.3, -0.25) is 4.99 Å². The first-order chi connectivity index (χ1) is 12.3. The van der Waals surface area contributed by atoms with E-state index in [0.717, 1.165) is 30.4 Å². The minimum Gasteiger partial charge on any atom is -0.454 e. The summed E-state index contributed by atoms with van der Waals surface area (Å²) in [6.45, 7) is 1.21. The van der Waals surface area contributed by atoms with E-state index in [1.807, 2.05) is 13.1 Å². The largest absolute Gasteiger partial charge is 0.454 e. The molecule has 6 nitrogen and oxygen atoms in total. The first kappa shape index (κ1) is 15.3. The number of guanidine groups is 1. The summed E-state index contributed by atoms with van der Waals surface area (Å²) in [5.41, 5.74) is 1.51. The van der Waals surface area contributed by atoms with Crippen molar-refractivity contribution in [2.75, 3.05) is 20.4 Å². The molecule has 3 aliphatic heterocycles. The fourth-order valence-electron chi connectivity index (χ4n) is 4.36. The number of rotatable bonds is 4. The van der Waals surface area contributed by atoms with Gasteiger partial charge in [0.05, 0.1) is 18.2 Å². The molecule has 3 heterocycles. The molecule has 2 saturated heterocycles. The third kappa shape index (κ3) is 2.72. The van der Waals surface area contributed by atoms with E-state index >= 15 is 0 Å². The Hall–Kier alpha value is -1.95. The van der Waals surface area contributed by atoms with Gasteiger partial charge < -0.3 is 24.8 Å². The number of nitrogens with zero attached hydrogens (tertiary/aromatic N) is 1. The Kier molecular flexibility index (Phi) is 3.55. The van der Waals surface area contributed by atoms with E-state index in [1.54, 1.807) is 0 Å². The van der Waals surface area contributed by atoms with E-state index in [-0.39, 0.29) is 5.41 Å². The van der Waals surface area contributed by atoms with Gasteiger partial charge in [-0.1, -0.05) is 6.07 Å². The normalized spacial score (nSPS) is 31.2. The zero-order valence-electron chi connectivity index (χ0n) is 14.6. The maximum Gasteiger partial charge on any atom is 0.231 e. The van der Waals surface area contributed by atoms with Crippen LogP contribution in [0.2, 0.25) is 0 Å². The summed E-state index contributed by atoms with van der Waals surface area (Å²) in [6, 6.07) is 6.72. The van der Waals surface area contributed by atoms with Crippen LogP contribution in [0.4, 0.5) is 0 Å². The molecule has 0 amide bonds. The highest BCUT2D eigenvalue weighted by Crippen LogP contribution is 2.49. The van der Waals surface area contributed by atoms with E-state index < -0.39 is 0 Å². The second kappa shape index (κ2) is 5.80. The standard InChI is InChI=1S/C19H25N3O3/c1-20-18(22-14-9-13-3-5-15(14)25-13)21-10-19(6-7-19)12-2-4-16-17(8-12)24-11-23-16/h2,4,8,13-15H,3,5-7,9-11H2,1H3,(H2,20,21,22).